The van der Waals surface area contributed by atoms with Crippen LogP contribution in [0.4, 0.5) is 30.7 Å². The average Bonchev–Trinajstić information content (AvgIpc) is 3.30. The number of piperidine rings is 1. The number of aryl methyl sites for hydroxylation is 1. The molecule has 1 spiro atoms. The normalized spacial score (nSPS) is 25.4. The Morgan fingerprint density at radius 3 is 2.12 bits per heavy atom. The summed E-state index contributed by atoms with van der Waals surface area (Å²) in [5.41, 5.74) is 7.27. The van der Waals surface area contributed by atoms with E-state index in [4.69, 9.17) is 11.5 Å². The van der Waals surface area contributed by atoms with E-state index in [0.717, 1.165) is 0 Å². The number of carbonyl (C=O) groups is 2. The maximum absolute atomic E-state index is 14.1. The highest BCUT2D eigenvalue weighted by molar-refractivity contribution is 5.87. The highest BCUT2D eigenvalue weighted by Gasteiger charge is 2.50. The molecule has 4 rings (SSSR count). The molecule has 2 aliphatic heterocycles. The zero-order chi connectivity index (χ0) is 31.4. The second-order valence-electron chi connectivity index (χ2n) is 11.7. The molecule has 6 nitrogen and oxygen atoms in total. The number of primary amides is 1. The summed E-state index contributed by atoms with van der Waals surface area (Å²) in [5, 5.41) is 3.29. The van der Waals surface area contributed by atoms with Crippen LogP contribution >= 0.6 is 0 Å². The third-order valence-corrected chi connectivity index (χ3v) is 8.85. The summed E-state index contributed by atoms with van der Waals surface area (Å²) in [6, 6.07) is 4.03. The minimum absolute atomic E-state index is 0.0251. The molecule has 0 radical (unpaired) electrons. The third kappa shape index (κ3) is 6.12. The van der Waals surface area contributed by atoms with Gasteiger partial charge in [-0.3, -0.25) is 9.59 Å². The lowest BCUT2D eigenvalue weighted by Gasteiger charge is -2.48. The average molecular weight is 603 g/mol. The largest absolute Gasteiger partial charge is 0.416 e. The van der Waals surface area contributed by atoms with Crippen molar-refractivity contribution < 1.29 is 40.3 Å². The Morgan fingerprint density at radius 2 is 1.62 bits per heavy atom. The standard InChI is InChI=1S/C29H33F7N4O2/c1-15-10-20(30)4-5-21(15)23-14-27(7-6-22(39-27)24(37)41)8-9-40(23)25(42)26(3,38)16(2)17-11-18(28(31,32)33)13-19(12-17)29(34,35)36/h4-5,10-13,16,22-23,39H,6-9,14,38H2,1-3H3,(H2,37,41)/t16-,22-,23-,26?,27+/m1/s1. The van der Waals surface area contributed by atoms with Gasteiger partial charge in [-0.25, -0.2) is 4.39 Å². The topological polar surface area (TPSA) is 101 Å². The molecular formula is C29H33F7N4O2. The van der Waals surface area contributed by atoms with Crippen LogP contribution in [0.3, 0.4) is 0 Å². The van der Waals surface area contributed by atoms with Gasteiger partial charge in [0.15, 0.2) is 0 Å². The van der Waals surface area contributed by atoms with Crippen LogP contribution in [0.1, 0.15) is 79.3 Å². The van der Waals surface area contributed by atoms with Gasteiger partial charge in [0, 0.05) is 18.0 Å². The zero-order valence-electron chi connectivity index (χ0n) is 23.3. The van der Waals surface area contributed by atoms with Crippen molar-refractivity contribution in [2.45, 2.75) is 87.9 Å². The Kier molecular flexibility index (Phi) is 8.18. The van der Waals surface area contributed by atoms with E-state index in [9.17, 15) is 40.3 Å². The van der Waals surface area contributed by atoms with E-state index in [0.29, 0.717) is 48.9 Å². The number of hydrogen-bond donors (Lipinski definition) is 3. The van der Waals surface area contributed by atoms with Gasteiger partial charge < -0.3 is 21.7 Å². The van der Waals surface area contributed by atoms with E-state index in [1.165, 1.54) is 36.9 Å². The number of carbonyl (C=O) groups excluding carboxylic acids is 2. The number of likely N-dealkylation sites (tertiary alicyclic amines) is 1. The van der Waals surface area contributed by atoms with Crippen molar-refractivity contribution in [3.8, 4) is 0 Å². The van der Waals surface area contributed by atoms with Crippen LogP contribution in [0.25, 0.3) is 0 Å². The molecule has 0 saturated carbocycles. The molecule has 2 heterocycles. The lowest BCUT2D eigenvalue weighted by atomic mass is 9.76. The highest BCUT2D eigenvalue weighted by Crippen LogP contribution is 2.45. The molecule has 13 heteroatoms. The van der Waals surface area contributed by atoms with Crippen LogP contribution in [0, 0.1) is 12.7 Å². The summed E-state index contributed by atoms with van der Waals surface area (Å²) < 4.78 is 95.2. The Hall–Kier alpha value is -3.19. The van der Waals surface area contributed by atoms with Crippen LogP contribution in [0.15, 0.2) is 36.4 Å². The molecule has 230 valence electrons. The maximum atomic E-state index is 14.1. The van der Waals surface area contributed by atoms with E-state index in [-0.39, 0.29) is 18.2 Å². The Bertz CT molecular complexity index is 1340. The lowest BCUT2D eigenvalue weighted by Crippen LogP contribution is -2.61. The SMILES string of the molecule is Cc1cc(F)ccc1[C@H]1C[C@]2(CC[C@H](C(N)=O)N2)CCN1C(=O)C(C)(N)[C@H](C)c1cc(C(F)(F)F)cc(C(F)(F)F)c1. The fourth-order valence-corrected chi connectivity index (χ4v) is 6.18. The zero-order valence-corrected chi connectivity index (χ0v) is 23.3. The number of nitrogens with two attached hydrogens (primary N) is 2. The van der Waals surface area contributed by atoms with Crippen molar-refractivity contribution in [3.05, 3.63) is 70.0 Å². The smallest absolute Gasteiger partial charge is 0.368 e. The minimum Gasteiger partial charge on any atom is -0.368 e. The molecule has 0 aliphatic carbocycles. The van der Waals surface area contributed by atoms with Gasteiger partial charge in [0.25, 0.3) is 0 Å². The maximum Gasteiger partial charge on any atom is 0.416 e. The molecule has 2 amide bonds. The van der Waals surface area contributed by atoms with Crippen LogP contribution in [0.2, 0.25) is 0 Å². The van der Waals surface area contributed by atoms with Gasteiger partial charge in [-0.15, -0.1) is 0 Å². The highest BCUT2D eigenvalue weighted by atomic mass is 19.4. The molecule has 0 aromatic heterocycles. The van der Waals surface area contributed by atoms with E-state index in [1.54, 1.807) is 6.92 Å². The van der Waals surface area contributed by atoms with E-state index in [1.807, 2.05) is 0 Å². The first-order chi connectivity index (χ1) is 19.2. The van der Waals surface area contributed by atoms with Gasteiger partial charge in [0.05, 0.1) is 28.7 Å². The first kappa shape index (κ1) is 31.7. The van der Waals surface area contributed by atoms with E-state index >= 15 is 0 Å². The number of rotatable bonds is 5. The van der Waals surface area contributed by atoms with Gasteiger partial charge in [0.2, 0.25) is 11.8 Å². The van der Waals surface area contributed by atoms with E-state index in [2.05, 4.69) is 5.32 Å². The summed E-state index contributed by atoms with van der Waals surface area (Å²) in [6.07, 6.45) is -8.35. The van der Waals surface area contributed by atoms with Gasteiger partial charge in [-0.05, 0) is 86.6 Å². The predicted octanol–water partition coefficient (Wildman–Crippen LogP) is 5.33. The van der Waals surface area contributed by atoms with Crippen LogP contribution in [0.5, 0.6) is 0 Å². The number of hydrogen-bond acceptors (Lipinski definition) is 4. The van der Waals surface area contributed by atoms with Crippen molar-refractivity contribution >= 4 is 11.8 Å². The quantitative estimate of drug-likeness (QED) is 0.403. The first-order valence-electron chi connectivity index (χ1n) is 13.5. The number of alkyl halides is 6. The van der Waals surface area contributed by atoms with Crippen molar-refractivity contribution in [3.63, 3.8) is 0 Å². The molecule has 2 aromatic rings. The molecule has 2 saturated heterocycles. The summed E-state index contributed by atoms with van der Waals surface area (Å²) in [6.45, 7) is 4.38. The summed E-state index contributed by atoms with van der Waals surface area (Å²) in [7, 11) is 0. The fourth-order valence-electron chi connectivity index (χ4n) is 6.18. The number of nitrogens with one attached hydrogen (secondary N) is 1. The Balaban J connectivity index is 1.73. The molecular weight excluding hydrogens is 569 g/mol. The van der Waals surface area contributed by atoms with Crippen molar-refractivity contribution in [1.29, 1.82) is 0 Å². The monoisotopic (exact) mass is 602 g/mol. The molecule has 2 aliphatic rings. The molecule has 2 aromatic carbocycles. The number of nitrogens with zero attached hydrogens (tertiary/aromatic N) is 1. The van der Waals surface area contributed by atoms with Gasteiger partial charge in [0.1, 0.15) is 5.82 Å². The van der Waals surface area contributed by atoms with Crippen molar-refractivity contribution in [1.82, 2.24) is 10.2 Å². The summed E-state index contributed by atoms with van der Waals surface area (Å²) in [4.78, 5) is 27.4. The summed E-state index contributed by atoms with van der Waals surface area (Å²) >= 11 is 0. The Morgan fingerprint density at radius 1 is 1.02 bits per heavy atom. The minimum atomic E-state index is -5.06. The lowest BCUT2D eigenvalue weighted by molar-refractivity contribution is -0.143. The number of amides is 2. The Labute approximate surface area is 238 Å². The van der Waals surface area contributed by atoms with Gasteiger partial charge in [-0.2, -0.15) is 26.3 Å². The second kappa shape index (κ2) is 10.8. The third-order valence-electron chi connectivity index (χ3n) is 8.85. The molecule has 5 atom stereocenters. The molecule has 1 unspecified atom stereocenters. The molecule has 2 fully saturated rings. The van der Waals surface area contributed by atoms with Crippen LogP contribution in [-0.2, 0) is 21.9 Å². The van der Waals surface area contributed by atoms with Crippen LogP contribution < -0.4 is 16.8 Å². The van der Waals surface area contributed by atoms with Gasteiger partial charge in [-0.1, -0.05) is 13.0 Å². The van der Waals surface area contributed by atoms with Crippen LogP contribution in [-0.4, -0.2) is 40.4 Å². The second-order valence-corrected chi connectivity index (χ2v) is 11.7. The molecule has 5 N–H and O–H groups in total. The number of benzene rings is 2. The summed E-state index contributed by atoms with van der Waals surface area (Å²) in [5.74, 6) is -2.95. The van der Waals surface area contributed by atoms with Gasteiger partial charge >= 0.3 is 12.4 Å². The predicted molar refractivity (Wildman–Crippen MR) is 140 cm³/mol. The van der Waals surface area contributed by atoms with Crippen molar-refractivity contribution in [2.75, 3.05) is 6.54 Å². The fraction of sp³-hybridized carbons (Fsp3) is 0.517. The first-order valence-corrected chi connectivity index (χ1v) is 13.5. The number of halogens is 7. The van der Waals surface area contributed by atoms with E-state index < -0.39 is 70.2 Å². The molecule has 0 bridgehead atoms. The van der Waals surface area contributed by atoms with Crippen molar-refractivity contribution in [2.24, 2.45) is 11.5 Å². The molecule has 42 heavy (non-hydrogen) atoms.